The molecule has 1 aliphatic heterocycles. The zero-order valence-corrected chi connectivity index (χ0v) is 17.8. The first-order chi connectivity index (χ1) is 14.6. The van der Waals surface area contributed by atoms with Gasteiger partial charge in [0.15, 0.2) is 0 Å². The summed E-state index contributed by atoms with van der Waals surface area (Å²) in [7, 11) is 0. The number of amides is 1. The van der Waals surface area contributed by atoms with Crippen LogP contribution in [0.25, 0.3) is 0 Å². The third-order valence-electron chi connectivity index (χ3n) is 5.57. The third-order valence-corrected chi connectivity index (χ3v) is 5.57. The summed E-state index contributed by atoms with van der Waals surface area (Å²) in [5, 5.41) is 15.4. The fourth-order valence-electron chi connectivity index (χ4n) is 3.62. The van der Waals surface area contributed by atoms with Crippen molar-refractivity contribution in [2.75, 3.05) is 23.3 Å². The molecule has 156 valence electrons. The summed E-state index contributed by atoms with van der Waals surface area (Å²) in [5.74, 6) is -0.387. The maximum absolute atomic E-state index is 12.5. The van der Waals surface area contributed by atoms with Crippen LogP contribution < -0.4 is 15.5 Å². The summed E-state index contributed by atoms with van der Waals surface area (Å²) in [5.41, 5.74) is 4.38. The van der Waals surface area contributed by atoms with Crippen molar-refractivity contribution in [1.29, 1.82) is 5.26 Å². The minimum absolute atomic E-state index is 0.0483. The molecule has 1 atom stereocenters. The second-order valence-electron chi connectivity index (χ2n) is 7.70. The van der Waals surface area contributed by atoms with Crippen LogP contribution in [0, 0.1) is 11.3 Å². The molecule has 2 aromatic rings. The van der Waals surface area contributed by atoms with Crippen LogP contribution in [0.2, 0.25) is 0 Å². The van der Waals surface area contributed by atoms with Crippen LogP contribution >= 0.6 is 0 Å². The van der Waals surface area contributed by atoms with E-state index in [9.17, 15) is 10.1 Å². The van der Waals surface area contributed by atoms with Gasteiger partial charge in [-0.15, -0.1) is 0 Å². The number of nitrogens with zero attached hydrogens (tertiary/aromatic N) is 2. The zero-order valence-electron chi connectivity index (χ0n) is 17.8. The van der Waals surface area contributed by atoms with Crippen LogP contribution in [0.5, 0.6) is 0 Å². The number of piperidine rings is 1. The number of carbonyl (C=O) groups is 1. The van der Waals surface area contributed by atoms with Gasteiger partial charge < -0.3 is 15.5 Å². The average molecular weight is 403 g/mol. The quantitative estimate of drug-likeness (QED) is 0.509. The molecule has 1 heterocycles. The Morgan fingerprint density at radius 3 is 2.37 bits per heavy atom. The molecular formula is C25H30N4O. The Kier molecular flexibility index (Phi) is 7.51. The van der Waals surface area contributed by atoms with Gasteiger partial charge in [0.1, 0.15) is 11.6 Å². The molecule has 2 aromatic carbocycles. The lowest BCUT2D eigenvalue weighted by Crippen LogP contribution is -2.29. The summed E-state index contributed by atoms with van der Waals surface area (Å²) < 4.78 is 0. The van der Waals surface area contributed by atoms with E-state index < -0.39 is 0 Å². The maximum atomic E-state index is 12.5. The van der Waals surface area contributed by atoms with E-state index in [-0.39, 0.29) is 17.5 Å². The van der Waals surface area contributed by atoms with E-state index >= 15 is 0 Å². The van der Waals surface area contributed by atoms with Gasteiger partial charge in [0, 0.05) is 30.7 Å². The lowest BCUT2D eigenvalue weighted by molar-refractivity contribution is -0.117. The Morgan fingerprint density at radius 2 is 1.77 bits per heavy atom. The predicted molar refractivity (Wildman–Crippen MR) is 122 cm³/mol. The number of carbonyl (C=O) groups excluding carboxylic acids is 1. The van der Waals surface area contributed by atoms with Gasteiger partial charge in [-0.25, -0.2) is 0 Å². The monoisotopic (exact) mass is 402 g/mol. The molecule has 0 spiro atoms. The van der Waals surface area contributed by atoms with Gasteiger partial charge in [-0.3, -0.25) is 4.79 Å². The van der Waals surface area contributed by atoms with E-state index in [4.69, 9.17) is 0 Å². The van der Waals surface area contributed by atoms with Gasteiger partial charge in [-0.1, -0.05) is 31.2 Å². The lowest BCUT2D eigenvalue weighted by atomic mass is 10.0. The molecule has 1 saturated heterocycles. The number of benzene rings is 2. The average Bonchev–Trinajstić information content (AvgIpc) is 2.80. The van der Waals surface area contributed by atoms with Crippen molar-refractivity contribution in [3.8, 4) is 6.07 Å². The number of hydrogen-bond acceptors (Lipinski definition) is 4. The SMILES string of the molecule is CCc1ccc(C(C)NC(=O)/C(C#N)=C\Nc2ccc(N3CCCCC3)cc2)cc1. The molecule has 1 fully saturated rings. The molecule has 0 bridgehead atoms. The summed E-state index contributed by atoms with van der Waals surface area (Å²) in [4.78, 5) is 14.9. The normalized spacial score (nSPS) is 15.2. The summed E-state index contributed by atoms with van der Waals surface area (Å²) in [6.45, 7) is 6.23. The van der Waals surface area contributed by atoms with Gasteiger partial charge >= 0.3 is 0 Å². The van der Waals surface area contributed by atoms with E-state index in [0.717, 1.165) is 30.8 Å². The summed E-state index contributed by atoms with van der Waals surface area (Å²) in [6, 6.07) is 18.1. The molecule has 1 aliphatic rings. The van der Waals surface area contributed by atoms with Crippen molar-refractivity contribution in [3.05, 3.63) is 71.4 Å². The van der Waals surface area contributed by atoms with E-state index in [1.165, 1.54) is 36.7 Å². The highest BCUT2D eigenvalue weighted by atomic mass is 16.1. The second kappa shape index (κ2) is 10.5. The van der Waals surface area contributed by atoms with Crippen LogP contribution in [0.1, 0.15) is 50.3 Å². The molecule has 0 aliphatic carbocycles. The molecule has 0 aromatic heterocycles. The van der Waals surface area contributed by atoms with Crippen molar-refractivity contribution >= 4 is 17.3 Å². The van der Waals surface area contributed by atoms with Crippen LogP contribution in [-0.2, 0) is 11.2 Å². The first-order valence-corrected chi connectivity index (χ1v) is 10.7. The molecule has 5 nitrogen and oxygen atoms in total. The molecule has 0 saturated carbocycles. The molecule has 1 unspecified atom stereocenters. The Bertz CT molecular complexity index is 904. The number of rotatable bonds is 7. The lowest BCUT2D eigenvalue weighted by Gasteiger charge is -2.28. The van der Waals surface area contributed by atoms with Gasteiger partial charge in [0.05, 0.1) is 6.04 Å². The zero-order chi connectivity index (χ0) is 21.3. The van der Waals surface area contributed by atoms with Crippen molar-refractivity contribution < 1.29 is 4.79 Å². The maximum Gasteiger partial charge on any atom is 0.263 e. The number of anilines is 2. The van der Waals surface area contributed by atoms with Crippen molar-refractivity contribution in [2.45, 2.75) is 45.6 Å². The van der Waals surface area contributed by atoms with E-state index in [2.05, 4.69) is 46.7 Å². The first kappa shape index (κ1) is 21.4. The largest absolute Gasteiger partial charge is 0.372 e. The van der Waals surface area contributed by atoms with E-state index in [1.807, 2.05) is 37.3 Å². The van der Waals surface area contributed by atoms with Crippen molar-refractivity contribution in [1.82, 2.24) is 5.32 Å². The van der Waals surface area contributed by atoms with Crippen molar-refractivity contribution in [2.24, 2.45) is 0 Å². The molecule has 5 heteroatoms. The standard InChI is InChI=1S/C25H30N4O/c1-3-20-7-9-21(10-8-20)19(2)28-25(30)22(17-26)18-27-23-11-13-24(14-12-23)29-15-5-4-6-16-29/h7-14,18-19,27H,3-6,15-16H2,1-2H3,(H,28,30)/b22-18-. The van der Waals surface area contributed by atoms with Gasteiger partial charge in [0.25, 0.3) is 5.91 Å². The van der Waals surface area contributed by atoms with Crippen molar-refractivity contribution in [3.63, 3.8) is 0 Å². The minimum atomic E-state index is -0.387. The number of nitrogens with one attached hydrogen (secondary N) is 2. The molecule has 3 rings (SSSR count). The van der Waals surface area contributed by atoms with Gasteiger partial charge in [-0.05, 0) is 68.0 Å². The topological polar surface area (TPSA) is 68.2 Å². The first-order valence-electron chi connectivity index (χ1n) is 10.7. The highest BCUT2D eigenvalue weighted by Crippen LogP contribution is 2.22. The van der Waals surface area contributed by atoms with Crippen LogP contribution in [0.4, 0.5) is 11.4 Å². The van der Waals surface area contributed by atoms with Gasteiger partial charge in [0.2, 0.25) is 0 Å². The van der Waals surface area contributed by atoms with Crippen LogP contribution in [-0.4, -0.2) is 19.0 Å². The van der Waals surface area contributed by atoms with Crippen LogP contribution in [0.15, 0.2) is 60.3 Å². The predicted octanol–water partition coefficient (Wildman–Crippen LogP) is 4.94. The Morgan fingerprint density at radius 1 is 1.10 bits per heavy atom. The number of aryl methyl sites for hydroxylation is 1. The summed E-state index contributed by atoms with van der Waals surface area (Å²) >= 11 is 0. The Hall–Kier alpha value is -3.26. The molecule has 1 amide bonds. The highest BCUT2D eigenvalue weighted by molar-refractivity contribution is 5.97. The Labute approximate surface area is 179 Å². The number of nitriles is 1. The minimum Gasteiger partial charge on any atom is -0.372 e. The fourth-order valence-corrected chi connectivity index (χ4v) is 3.62. The molecule has 30 heavy (non-hydrogen) atoms. The highest BCUT2D eigenvalue weighted by Gasteiger charge is 2.14. The summed E-state index contributed by atoms with van der Waals surface area (Å²) in [6.07, 6.45) is 6.24. The van der Waals surface area contributed by atoms with Gasteiger partial charge in [-0.2, -0.15) is 5.26 Å². The van der Waals surface area contributed by atoms with Crippen LogP contribution in [0.3, 0.4) is 0 Å². The number of hydrogen-bond donors (Lipinski definition) is 2. The smallest absolute Gasteiger partial charge is 0.263 e. The second-order valence-corrected chi connectivity index (χ2v) is 7.70. The van der Waals surface area contributed by atoms with E-state index in [0.29, 0.717) is 0 Å². The fraction of sp³-hybridized carbons (Fsp3) is 0.360. The molecule has 2 N–H and O–H groups in total. The molecular weight excluding hydrogens is 372 g/mol. The van der Waals surface area contributed by atoms with E-state index in [1.54, 1.807) is 0 Å². The molecule has 0 radical (unpaired) electrons. The third kappa shape index (κ3) is 5.64. The Balaban J connectivity index is 1.58.